The SMILES string of the molecule is CCCCCc1ccccc1NC(=O)CN=O. The highest BCUT2D eigenvalue weighted by Gasteiger charge is 2.05. The Morgan fingerprint density at radius 1 is 1.29 bits per heavy atom. The number of aryl methyl sites for hydroxylation is 1. The standard InChI is InChI=1S/C13H18N2O2/c1-2-3-4-7-11-8-5-6-9-12(11)15-13(16)10-14-17/h5-6,8-9H,2-4,7,10H2,1H3,(H,15,16). The number of nitrogens with zero attached hydrogens (tertiary/aromatic N) is 1. The van der Waals surface area contributed by atoms with Gasteiger partial charge in [0.05, 0.1) is 0 Å². The van der Waals surface area contributed by atoms with Crippen LogP contribution in [0.4, 0.5) is 5.69 Å². The number of unbranched alkanes of at least 4 members (excludes halogenated alkanes) is 2. The van der Waals surface area contributed by atoms with Crippen LogP contribution >= 0.6 is 0 Å². The average molecular weight is 234 g/mol. The van der Waals surface area contributed by atoms with Crippen molar-refractivity contribution in [1.29, 1.82) is 0 Å². The number of carbonyl (C=O) groups is 1. The van der Waals surface area contributed by atoms with Gasteiger partial charge in [-0.05, 0) is 24.5 Å². The Labute approximate surface area is 101 Å². The molecule has 1 aromatic rings. The summed E-state index contributed by atoms with van der Waals surface area (Å²) in [5, 5.41) is 5.28. The van der Waals surface area contributed by atoms with Crippen molar-refractivity contribution in [3.05, 3.63) is 34.7 Å². The minimum atomic E-state index is -0.358. The second-order valence-electron chi connectivity index (χ2n) is 3.95. The molecule has 1 N–H and O–H groups in total. The van der Waals surface area contributed by atoms with E-state index in [4.69, 9.17) is 0 Å². The first-order chi connectivity index (χ1) is 8.27. The molecule has 0 aromatic heterocycles. The number of para-hydroxylation sites is 1. The lowest BCUT2D eigenvalue weighted by Crippen LogP contribution is -2.15. The quantitative estimate of drug-likeness (QED) is 0.582. The predicted octanol–water partition coefficient (Wildman–Crippen LogP) is 3.12. The number of benzene rings is 1. The van der Waals surface area contributed by atoms with E-state index in [9.17, 15) is 9.70 Å². The van der Waals surface area contributed by atoms with Crippen molar-refractivity contribution in [2.75, 3.05) is 11.9 Å². The van der Waals surface area contributed by atoms with E-state index in [1.165, 1.54) is 12.8 Å². The molecular weight excluding hydrogens is 216 g/mol. The van der Waals surface area contributed by atoms with Crippen molar-refractivity contribution in [2.45, 2.75) is 32.6 Å². The van der Waals surface area contributed by atoms with Gasteiger partial charge in [0, 0.05) is 5.69 Å². The fourth-order valence-corrected chi connectivity index (χ4v) is 1.67. The largest absolute Gasteiger partial charge is 0.324 e. The highest BCUT2D eigenvalue weighted by atomic mass is 16.3. The zero-order valence-electron chi connectivity index (χ0n) is 10.1. The third kappa shape index (κ3) is 4.76. The van der Waals surface area contributed by atoms with Crippen molar-refractivity contribution < 1.29 is 4.79 Å². The predicted molar refractivity (Wildman–Crippen MR) is 69.0 cm³/mol. The van der Waals surface area contributed by atoms with Crippen molar-refractivity contribution in [2.24, 2.45) is 5.18 Å². The minimum Gasteiger partial charge on any atom is -0.324 e. The van der Waals surface area contributed by atoms with Crippen LogP contribution in [0, 0.1) is 4.91 Å². The van der Waals surface area contributed by atoms with E-state index in [2.05, 4.69) is 17.4 Å². The number of carbonyl (C=O) groups excluding carboxylic acids is 1. The molecule has 0 saturated heterocycles. The number of nitroso groups, excluding NO2 is 1. The molecule has 1 amide bonds. The number of amides is 1. The maximum Gasteiger partial charge on any atom is 0.249 e. The molecular formula is C13H18N2O2. The third-order valence-corrected chi connectivity index (χ3v) is 2.55. The van der Waals surface area contributed by atoms with Gasteiger partial charge in [-0.1, -0.05) is 43.1 Å². The molecule has 0 aliphatic carbocycles. The van der Waals surface area contributed by atoms with Crippen LogP contribution in [-0.2, 0) is 11.2 Å². The molecule has 4 heteroatoms. The lowest BCUT2D eigenvalue weighted by Gasteiger charge is -2.09. The van der Waals surface area contributed by atoms with E-state index in [1.807, 2.05) is 24.3 Å². The Hall–Kier alpha value is -1.71. The number of rotatable bonds is 7. The Kier molecular flexibility index (Phi) is 5.93. The van der Waals surface area contributed by atoms with Crippen LogP contribution in [0.1, 0.15) is 31.7 Å². The lowest BCUT2D eigenvalue weighted by molar-refractivity contribution is -0.114. The summed E-state index contributed by atoms with van der Waals surface area (Å²) in [5.74, 6) is -0.358. The highest BCUT2D eigenvalue weighted by Crippen LogP contribution is 2.17. The van der Waals surface area contributed by atoms with Gasteiger partial charge in [0.25, 0.3) is 0 Å². The molecule has 0 unspecified atom stereocenters. The second-order valence-corrected chi connectivity index (χ2v) is 3.95. The molecule has 4 nitrogen and oxygen atoms in total. The second kappa shape index (κ2) is 7.54. The highest BCUT2D eigenvalue weighted by molar-refractivity contribution is 5.93. The zero-order valence-corrected chi connectivity index (χ0v) is 10.1. The Morgan fingerprint density at radius 3 is 2.76 bits per heavy atom. The summed E-state index contributed by atoms with van der Waals surface area (Å²) in [5.41, 5.74) is 1.90. The van der Waals surface area contributed by atoms with E-state index in [-0.39, 0.29) is 12.5 Å². The van der Waals surface area contributed by atoms with Gasteiger partial charge in [-0.25, -0.2) is 0 Å². The van der Waals surface area contributed by atoms with E-state index >= 15 is 0 Å². The van der Waals surface area contributed by atoms with Gasteiger partial charge in [-0.15, -0.1) is 0 Å². The molecule has 0 aliphatic heterocycles. The normalized spacial score (nSPS) is 9.94. The molecule has 1 aromatic carbocycles. The molecule has 0 aliphatic rings. The minimum absolute atomic E-state index is 0.330. The van der Waals surface area contributed by atoms with E-state index < -0.39 is 0 Å². The summed E-state index contributed by atoms with van der Waals surface area (Å²) in [4.78, 5) is 21.3. The van der Waals surface area contributed by atoms with E-state index in [0.29, 0.717) is 0 Å². The van der Waals surface area contributed by atoms with Crippen LogP contribution in [0.25, 0.3) is 0 Å². The van der Waals surface area contributed by atoms with Gasteiger partial charge < -0.3 is 5.32 Å². The van der Waals surface area contributed by atoms with Crippen molar-refractivity contribution in [3.8, 4) is 0 Å². The van der Waals surface area contributed by atoms with Gasteiger partial charge in [0.2, 0.25) is 5.91 Å². The number of hydrogen-bond acceptors (Lipinski definition) is 3. The van der Waals surface area contributed by atoms with Crippen molar-refractivity contribution >= 4 is 11.6 Å². The van der Waals surface area contributed by atoms with E-state index in [1.54, 1.807) is 0 Å². The van der Waals surface area contributed by atoms with E-state index in [0.717, 1.165) is 24.1 Å². The van der Waals surface area contributed by atoms with Gasteiger partial charge in [0.1, 0.15) is 0 Å². The van der Waals surface area contributed by atoms with Crippen molar-refractivity contribution in [3.63, 3.8) is 0 Å². The van der Waals surface area contributed by atoms with Crippen LogP contribution in [0.15, 0.2) is 29.4 Å². The smallest absolute Gasteiger partial charge is 0.249 e. The number of anilines is 1. The maximum atomic E-state index is 11.3. The zero-order chi connectivity index (χ0) is 12.5. The summed E-state index contributed by atoms with van der Waals surface area (Å²) in [7, 11) is 0. The topological polar surface area (TPSA) is 58.5 Å². The Morgan fingerprint density at radius 2 is 2.06 bits per heavy atom. The van der Waals surface area contributed by atoms with Crippen LogP contribution in [-0.4, -0.2) is 12.5 Å². The molecule has 17 heavy (non-hydrogen) atoms. The van der Waals surface area contributed by atoms with Gasteiger partial charge in [0.15, 0.2) is 6.54 Å². The summed E-state index contributed by atoms with van der Waals surface area (Å²) >= 11 is 0. The fraction of sp³-hybridized carbons (Fsp3) is 0.462. The first-order valence-corrected chi connectivity index (χ1v) is 5.94. The summed E-state index contributed by atoms with van der Waals surface area (Å²) < 4.78 is 0. The molecule has 0 bridgehead atoms. The van der Waals surface area contributed by atoms with Crippen LogP contribution in [0.2, 0.25) is 0 Å². The van der Waals surface area contributed by atoms with Crippen LogP contribution in [0.3, 0.4) is 0 Å². The molecule has 0 fully saturated rings. The summed E-state index contributed by atoms with van der Waals surface area (Å²) in [6, 6.07) is 7.67. The fourth-order valence-electron chi connectivity index (χ4n) is 1.67. The van der Waals surface area contributed by atoms with Gasteiger partial charge >= 0.3 is 0 Å². The summed E-state index contributed by atoms with van der Waals surface area (Å²) in [6.07, 6.45) is 4.40. The molecule has 0 radical (unpaired) electrons. The number of nitrogens with one attached hydrogen (secondary N) is 1. The molecule has 0 saturated carbocycles. The van der Waals surface area contributed by atoms with Gasteiger partial charge in [-0.3, -0.25) is 4.79 Å². The maximum absolute atomic E-state index is 11.3. The Bertz CT molecular complexity index is 377. The van der Waals surface area contributed by atoms with Crippen LogP contribution in [0.5, 0.6) is 0 Å². The first kappa shape index (κ1) is 13.4. The van der Waals surface area contributed by atoms with Crippen LogP contribution < -0.4 is 5.32 Å². The first-order valence-electron chi connectivity index (χ1n) is 5.94. The molecule has 0 spiro atoms. The molecule has 0 heterocycles. The molecule has 0 atom stereocenters. The Balaban J connectivity index is 2.63. The molecule has 92 valence electrons. The summed E-state index contributed by atoms with van der Waals surface area (Å²) in [6.45, 7) is 1.83. The van der Waals surface area contributed by atoms with Gasteiger partial charge in [-0.2, -0.15) is 4.91 Å². The molecule has 1 rings (SSSR count). The number of hydrogen-bond donors (Lipinski definition) is 1. The monoisotopic (exact) mass is 234 g/mol. The average Bonchev–Trinajstić information content (AvgIpc) is 2.32. The lowest BCUT2D eigenvalue weighted by atomic mass is 10.1. The van der Waals surface area contributed by atoms with Crippen molar-refractivity contribution in [1.82, 2.24) is 0 Å². The third-order valence-electron chi connectivity index (χ3n) is 2.55.